The predicted molar refractivity (Wildman–Crippen MR) is 61.6 cm³/mol. The number of carbonyl (C=O) groups excluding carboxylic acids is 1. The lowest BCUT2D eigenvalue weighted by molar-refractivity contribution is 0.0780. The Morgan fingerprint density at radius 1 is 1.22 bits per heavy atom. The molecule has 2 aromatic heterocycles. The minimum atomic E-state index is -0.0854. The molecule has 0 bridgehead atoms. The van der Waals surface area contributed by atoms with Crippen molar-refractivity contribution < 1.29 is 4.79 Å². The number of carbonyl (C=O) groups is 1. The van der Waals surface area contributed by atoms with Gasteiger partial charge in [0, 0.05) is 25.5 Å². The molecule has 0 spiro atoms. The van der Waals surface area contributed by atoms with Gasteiger partial charge in [0.15, 0.2) is 0 Å². The highest BCUT2D eigenvalue weighted by Crippen LogP contribution is 2.20. The second-order valence-electron chi connectivity index (χ2n) is 4.13. The largest absolute Gasteiger partial charge is 0.335 e. The lowest BCUT2D eigenvalue weighted by Crippen LogP contribution is -2.30. The average molecular weight is 244 g/mol. The minimum Gasteiger partial charge on any atom is -0.335 e. The van der Waals surface area contributed by atoms with Gasteiger partial charge in [0.25, 0.3) is 5.91 Å². The Hall–Kier alpha value is -2.31. The van der Waals surface area contributed by atoms with Crippen LogP contribution in [0.1, 0.15) is 23.0 Å². The first-order chi connectivity index (χ1) is 8.84. The molecule has 3 rings (SSSR count). The fraction of sp³-hybridized carbons (Fsp3) is 0.364. The molecule has 0 unspecified atom stereocenters. The molecule has 0 aliphatic carbocycles. The predicted octanol–water partition coefficient (Wildman–Crippen LogP) is 0.155. The summed E-state index contributed by atoms with van der Waals surface area (Å²) in [5.74, 6) is -0.0854. The second kappa shape index (κ2) is 4.52. The minimum absolute atomic E-state index is 0.0854. The zero-order valence-electron chi connectivity index (χ0n) is 9.68. The Morgan fingerprint density at radius 2 is 2.06 bits per heavy atom. The molecule has 7 heteroatoms. The zero-order chi connectivity index (χ0) is 12.4. The fourth-order valence-corrected chi connectivity index (χ4v) is 2.10. The molecule has 0 N–H and O–H groups in total. The van der Waals surface area contributed by atoms with E-state index >= 15 is 0 Å². The highest BCUT2D eigenvalue weighted by atomic mass is 16.2. The second-order valence-corrected chi connectivity index (χ2v) is 4.13. The van der Waals surface area contributed by atoms with Crippen LogP contribution < -0.4 is 0 Å². The highest BCUT2D eigenvalue weighted by molar-refractivity contribution is 5.92. The molecule has 1 fully saturated rings. The summed E-state index contributed by atoms with van der Waals surface area (Å²) in [5, 5.41) is 8.21. The number of aromatic nitrogens is 5. The van der Waals surface area contributed by atoms with E-state index < -0.39 is 0 Å². The monoisotopic (exact) mass is 244 g/mol. The summed E-state index contributed by atoms with van der Waals surface area (Å²) in [4.78, 5) is 23.5. The van der Waals surface area contributed by atoms with Crippen molar-refractivity contribution in [1.82, 2.24) is 29.9 Å². The van der Waals surface area contributed by atoms with E-state index in [4.69, 9.17) is 0 Å². The molecular weight excluding hydrogens is 232 g/mol. The SMILES string of the molecule is O=C(c1cnccn1)N1CC[C@@H](n2nccn2)C1. The molecule has 18 heavy (non-hydrogen) atoms. The molecule has 1 saturated heterocycles. The van der Waals surface area contributed by atoms with Gasteiger partial charge < -0.3 is 4.90 Å². The van der Waals surface area contributed by atoms with Crippen LogP contribution in [0, 0.1) is 0 Å². The third kappa shape index (κ3) is 1.94. The number of rotatable bonds is 2. The summed E-state index contributed by atoms with van der Waals surface area (Å²) in [6, 6.07) is 0.153. The van der Waals surface area contributed by atoms with Crippen molar-refractivity contribution in [3.05, 3.63) is 36.7 Å². The molecule has 0 saturated carbocycles. The molecule has 7 nitrogen and oxygen atoms in total. The first-order valence-electron chi connectivity index (χ1n) is 5.75. The van der Waals surface area contributed by atoms with Crippen molar-refractivity contribution in [2.45, 2.75) is 12.5 Å². The number of hydrogen-bond acceptors (Lipinski definition) is 5. The average Bonchev–Trinajstić information content (AvgIpc) is 3.09. The molecule has 92 valence electrons. The fourth-order valence-electron chi connectivity index (χ4n) is 2.10. The van der Waals surface area contributed by atoms with Crippen molar-refractivity contribution >= 4 is 5.91 Å². The topological polar surface area (TPSA) is 76.8 Å². The van der Waals surface area contributed by atoms with E-state index in [2.05, 4.69) is 20.2 Å². The lowest BCUT2D eigenvalue weighted by atomic mass is 10.3. The summed E-state index contributed by atoms with van der Waals surface area (Å²) in [7, 11) is 0. The van der Waals surface area contributed by atoms with Crippen LogP contribution in [0.4, 0.5) is 0 Å². The van der Waals surface area contributed by atoms with Crippen LogP contribution in [0.15, 0.2) is 31.0 Å². The van der Waals surface area contributed by atoms with Gasteiger partial charge in [-0.15, -0.1) is 0 Å². The molecule has 2 aromatic rings. The van der Waals surface area contributed by atoms with Gasteiger partial charge in [-0.1, -0.05) is 0 Å². The van der Waals surface area contributed by atoms with E-state index in [9.17, 15) is 4.79 Å². The van der Waals surface area contributed by atoms with E-state index in [1.165, 1.54) is 12.4 Å². The smallest absolute Gasteiger partial charge is 0.274 e. The Kier molecular flexibility index (Phi) is 2.71. The third-order valence-electron chi connectivity index (χ3n) is 3.00. The number of amides is 1. The van der Waals surface area contributed by atoms with E-state index in [0.717, 1.165) is 6.42 Å². The molecule has 0 radical (unpaired) electrons. The highest BCUT2D eigenvalue weighted by Gasteiger charge is 2.29. The van der Waals surface area contributed by atoms with Gasteiger partial charge in [-0.2, -0.15) is 15.0 Å². The van der Waals surface area contributed by atoms with Crippen molar-refractivity contribution in [2.24, 2.45) is 0 Å². The maximum Gasteiger partial charge on any atom is 0.274 e. The number of likely N-dealkylation sites (tertiary alicyclic amines) is 1. The van der Waals surface area contributed by atoms with Crippen molar-refractivity contribution in [2.75, 3.05) is 13.1 Å². The van der Waals surface area contributed by atoms with Crippen LogP contribution in [-0.4, -0.2) is 48.9 Å². The van der Waals surface area contributed by atoms with Gasteiger partial charge >= 0.3 is 0 Å². The maximum absolute atomic E-state index is 12.1. The van der Waals surface area contributed by atoms with Crippen LogP contribution in [-0.2, 0) is 0 Å². The van der Waals surface area contributed by atoms with E-state index in [-0.39, 0.29) is 11.9 Å². The normalized spacial score (nSPS) is 19.1. The summed E-state index contributed by atoms with van der Waals surface area (Å²) >= 11 is 0. The van der Waals surface area contributed by atoms with Crippen LogP contribution in [0.25, 0.3) is 0 Å². The van der Waals surface area contributed by atoms with Gasteiger partial charge in [-0.25, -0.2) is 4.98 Å². The Labute approximate surface area is 103 Å². The quantitative estimate of drug-likeness (QED) is 0.751. The van der Waals surface area contributed by atoms with Crippen LogP contribution in [0.3, 0.4) is 0 Å². The van der Waals surface area contributed by atoms with Crippen LogP contribution >= 0.6 is 0 Å². The summed E-state index contributed by atoms with van der Waals surface area (Å²) in [5.41, 5.74) is 0.381. The molecule has 1 atom stereocenters. The summed E-state index contributed by atoms with van der Waals surface area (Å²) in [6.45, 7) is 1.31. The van der Waals surface area contributed by atoms with Crippen LogP contribution in [0.2, 0.25) is 0 Å². The number of nitrogens with zero attached hydrogens (tertiary/aromatic N) is 6. The summed E-state index contributed by atoms with van der Waals surface area (Å²) in [6.07, 6.45) is 8.72. The van der Waals surface area contributed by atoms with Crippen molar-refractivity contribution in [3.8, 4) is 0 Å². The van der Waals surface area contributed by atoms with E-state index in [1.807, 2.05) is 0 Å². The van der Waals surface area contributed by atoms with Gasteiger partial charge in [-0.05, 0) is 6.42 Å². The standard InChI is InChI=1S/C11H12N6O/c18-11(10-7-12-2-3-13-10)16-6-1-9(8-16)17-14-4-5-15-17/h2-5,7,9H,1,6,8H2/t9-/m1/s1. The number of hydrogen-bond donors (Lipinski definition) is 0. The van der Waals surface area contributed by atoms with Crippen LogP contribution in [0.5, 0.6) is 0 Å². The van der Waals surface area contributed by atoms with Gasteiger partial charge in [0.2, 0.25) is 0 Å². The first kappa shape index (κ1) is 10.8. The summed E-state index contributed by atoms with van der Waals surface area (Å²) < 4.78 is 0. The zero-order valence-corrected chi connectivity index (χ0v) is 9.68. The first-order valence-corrected chi connectivity index (χ1v) is 5.75. The molecule has 1 aliphatic heterocycles. The van der Waals surface area contributed by atoms with Gasteiger partial charge in [0.05, 0.1) is 24.6 Å². The molecule has 0 aromatic carbocycles. The molecular formula is C11H12N6O. The third-order valence-corrected chi connectivity index (χ3v) is 3.00. The Balaban J connectivity index is 1.71. The Morgan fingerprint density at radius 3 is 2.78 bits per heavy atom. The van der Waals surface area contributed by atoms with E-state index in [1.54, 1.807) is 28.3 Å². The maximum atomic E-state index is 12.1. The molecule has 1 amide bonds. The van der Waals surface area contributed by atoms with Gasteiger partial charge in [0.1, 0.15) is 5.69 Å². The van der Waals surface area contributed by atoms with Gasteiger partial charge in [-0.3, -0.25) is 9.78 Å². The molecule has 1 aliphatic rings. The molecule has 3 heterocycles. The van der Waals surface area contributed by atoms with E-state index in [0.29, 0.717) is 18.8 Å². The van der Waals surface area contributed by atoms with Crippen molar-refractivity contribution in [3.63, 3.8) is 0 Å². The Bertz CT molecular complexity index is 526. The van der Waals surface area contributed by atoms with Crippen molar-refractivity contribution in [1.29, 1.82) is 0 Å². The lowest BCUT2D eigenvalue weighted by Gasteiger charge is -2.15.